The number of carboxylic acids is 3. The van der Waals surface area contributed by atoms with Gasteiger partial charge < -0.3 is 49.4 Å². The summed E-state index contributed by atoms with van der Waals surface area (Å²) in [6.45, 7) is 7.61. The monoisotopic (exact) mass is 660 g/mol. The first-order chi connectivity index (χ1) is 20.8. The van der Waals surface area contributed by atoms with Gasteiger partial charge in [-0.3, -0.25) is 9.97 Å². The Hall–Kier alpha value is -5.13. The summed E-state index contributed by atoms with van der Waals surface area (Å²) in [5.74, 6) is -2.16. The molecule has 0 radical (unpaired) electrons. The molecule has 0 saturated heterocycles. The second kappa shape index (κ2) is 20.7. The molecular formula is C32H33MnN2O10. The van der Waals surface area contributed by atoms with Gasteiger partial charge in [0.15, 0.2) is 23.0 Å². The quantitative estimate of drug-likeness (QED) is 0.273. The molecule has 4 aromatic rings. The number of phenolic OH excluding ortho intramolecular Hbond substituents is 2. The molecule has 45 heavy (non-hydrogen) atoms. The fourth-order valence-electron chi connectivity index (χ4n) is 3.46. The number of nitrogens with zero attached hydrogens (tertiary/aromatic N) is 2. The molecule has 0 bridgehead atoms. The van der Waals surface area contributed by atoms with E-state index in [1.807, 2.05) is 62.4 Å². The van der Waals surface area contributed by atoms with Crippen molar-refractivity contribution < 1.29 is 66.5 Å². The first-order valence-electron chi connectivity index (χ1n) is 13.2. The van der Waals surface area contributed by atoms with Crippen molar-refractivity contribution in [2.24, 2.45) is 0 Å². The first kappa shape index (κ1) is 39.9. The van der Waals surface area contributed by atoms with Crippen LogP contribution in [0.2, 0.25) is 0 Å². The summed E-state index contributed by atoms with van der Waals surface area (Å²) in [6, 6.07) is 18.3. The van der Waals surface area contributed by atoms with Gasteiger partial charge in [0.1, 0.15) is 0 Å². The van der Waals surface area contributed by atoms with E-state index in [2.05, 4.69) is 9.97 Å². The molecule has 238 valence electrons. The Kier molecular flexibility index (Phi) is 18.4. The van der Waals surface area contributed by atoms with E-state index < -0.39 is 17.9 Å². The number of phenols is 2. The molecule has 0 spiro atoms. The van der Waals surface area contributed by atoms with E-state index in [1.54, 1.807) is 24.5 Å². The van der Waals surface area contributed by atoms with E-state index in [1.165, 1.54) is 0 Å². The van der Waals surface area contributed by atoms with Crippen molar-refractivity contribution in [2.45, 2.75) is 34.6 Å². The minimum atomic E-state index is -1.08. The molecule has 13 heteroatoms. The number of aromatic hydroxyl groups is 2. The molecular weight excluding hydrogens is 627 g/mol. The third-order valence-electron chi connectivity index (χ3n) is 5.01. The van der Waals surface area contributed by atoms with Gasteiger partial charge >= 0.3 is 17.1 Å². The Morgan fingerprint density at radius 1 is 0.622 bits per heavy atom. The van der Waals surface area contributed by atoms with E-state index in [-0.39, 0.29) is 28.6 Å². The summed E-state index contributed by atoms with van der Waals surface area (Å²) in [7, 11) is 0. The van der Waals surface area contributed by atoms with E-state index in [9.17, 15) is 10.2 Å². The van der Waals surface area contributed by atoms with Gasteiger partial charge in [0.25, 0.3) is 0 Å². The molecule has 4 rings (SSSR count). The Bertz CT molecular complexity index is 1370. The Morgan fingerprint density at radius 2 is 0.933 bits per heavy atom. The Balaban J connectivity index is 0.00000128. The first-order valence-corrected chi connectivity index (χ1v) is 13.2. The van der Waals surface area contributed by atoms with Gasteiger partial charge in [-0.15, -0.1) is 0 Å². The van der Waals surface area contributed by atoms with Crippen LogP contribution in [0.3, 0.4) is 0 Å². The number of pyridine rings is 2. The maximum absolute atomic E-state index is 10.5. The standard InChI is InChI=1S/C26H24N2O4.3C2H4O2.Mn/c1-3-31-23-9-5-7-19(25(23)29)17-11-13-21(27-15-17)22-14-12-18(16-28-22)20-8-6-10-24(26(20)30)32-4-2;3*1-2(3)4;/h5-16,29-30H,3-4H2,1-2H3;3*1H3,(H,3,4);/q;;;;+3/p-3. The Morgan fingerprint density at radius 3 is 1.18 bits per heavy atom. The van der Waals surface area contributed by atoms with Crippen molar-refractivity contribution in [1.82, 2.24) is 9.97 Å². The second-order valence-corrected chi connectivity index (χ2v) is 8.51. The van der Waals surface area contributed by atoms with Gasteiger partial charge in [-0.05, 0) is 58.9 Å². The van der Waals surface area contributed by atoms with Gasteiger partial charge in [-0.25, -0.2) is 0 Å². The Labute approximate surface area is 271 Å². The molecule has 2 heterocycles. The fraction of sp³-hybridized carbons (Fsp3) is 0.219. The third-order valence-corrected chi connectivity index (χ3v) is 5.01. The zero-order valence-corrected chi connectivity index (χ0v) is 26.5. The van der Waals surface area contributed by atoms with Gasteiger partial charge in [-0.2, -0.15) is 0 Å². The van der Waals surface area contributed by atoms with E-state index in [4.69, 9.17) is 39.2 Å². The van der Waals surface area contributed by atoms with Crippen molar-refractivity contribution in [3.8, 4) is 56.6 Å². The van der Waals surface area contributed by atoms with Gasteiger partial charge in [-0.1, -0.05) is 36.4 Å². The topological polar surface area (TPSA) is 205 Å². The van der Waals surface area contributed by atoms with Crippen LogP contribution >= 0.6 is 0 Å². The summed E-state index contributed by atoms with van der Waals surface area (Å²) in [5.41, 5.74) is 4.27. The molecule has 0 aliphatic carbocycles. The summed E-state index contributed by atoms with van der Waals surface area (Å²) in [4.78, 5) is 35.7. The number of aliphatic carboxylic acids is 3. The fourth-order valence-corrected chi connectivity index (χ4v) is 3.46. The van der Waals surface area contributed by atoms with Crippen LogP contribution in [-0.2, 0) is 31.5 Å². The smallest absolute Gasteiger partial charge is 0.550 e. The number of para-hydroxylation sites is 2. The second-order valence-electron chi connectivity index (χ2n) is 8.51. The van der Waals surface area contributed by atoms with Crippen molar-refractivity contribution >= 4 is 17.9 Å². The predicted molar refractivity (Wildman–Crippen MR) is 156 cm³/mol. The molecule has 0 unspecified atom stereocenters. The average Bonchev–Trinajstić information content (AvgIpc) is 2.95. The van der Waals surface area contributed by atoms with Crippen LogP contribution in [-0.4, -0.2) is 51.3 Å². The van der Waals surface area contributed by atoms with Crippen molar-refractivity contribution in [3.63, 3.8) is 0 Å². The van der Waals surface area contributed by atoms with Gasteiger partial charge in [0.2, 0.25) is 0 Å². The third kappa shape index (κ3) is 14.3. The van der Waals surface area contributed by atoms with Crippen LogP contribution in [0, 0.1) is 0 Å². The number of carbonyl (C=O) groups is 3. The molecule has 0 fully saturated rings. The number of hydrogen-bond acceptors (Lipinski definition) is 12. The van der Waals surface area contributed by atoms with Crippen LogP contribution in [0.15, 0.2) is 73.1 Å². The van der Waals surface area contributed by atoms with E-state index in [0.717, 1.165) is 31.9 Å². The summed E-state index contributed by atoms with van der Waals surface area (Å²) < 4.78 is 10.9. The molecule has 12 nitrogen and oxygen atoms in total. The maximum Gasteiger partial charge on any atom is 3.00 e. The molecule has 0 amide bonds. The van der Waals surface area contributed by atoms with Gasteiger partial charge in [0, 0.05) is 52.6 Å². The van der Waals surface area contributed by atoms with Crippen LogP contribution in [0.25, 0.3) is 33.6 Å². The summed E-state index contributed by atoms with van der Waals surface area (Å²) in [6.07, 6.45) is 3.40. The molecule has 0 atom stereocenters. The van der Waals surface area contributed by atoms with Crippen LogP contribution in [0.4, 0.5) is 0 Å². The number of benzene rings is 2. The van der Waals surface area contributed by atoms with E-state index >= 15 is 0 Å². The van der Waals surface area contributed by atoms with Crippen LogP contribution < -0.4 is 24.8 Å². The minimum absolute atomic E-state index is 0. The average molecular weight is 661 g/mol. The van der Waals surface area contributed by atoms with Crippen LogP contribution in [0.5, 0.6) is 23.0 Å². The molecule has 0 saturated carbocycles. The summed E-state index contributed by atoms with van der Waals surface area (Å²) >= 11 is 0. The van der Waals surface area contributed by atoms with E-state index in [0.29, 0.717) is 47.2 Å². The molecule has 2 N–H and O–H groups in total. The zero-order chi connectivity index (χ0) is 33.2. The van der Waals surface area contributed by atoms with Crippen molar-refractivity contribution in [3.05, 3.63) is 73.1 Å². The maximum atomic E-state index is 10.5. The number of ether oxygens (including phenoxy) is 2. The molecule has 0 aliphatic rings. The zero-order valence-electron chi connectivity index (χ0n) is 25.3. The molecule has 2 aromatic carbocycles. The number of rotatable bonds is 7. The normalized spacial score (nSPS) is 9.27. The molecule has 0 aliphatic heterocycles. The SMILES string of the molecule is CC(=O)[O-].CC(=O)[O-].CC(=O)[O-].CCOc1cccc(-c2ccc(-c3ccc(-c4cccc(OCC)c4O)cn3)nc2)c1O.[Mn+3]. The van der Waals surface area contributed by atoms with Gasteiger partial charge in [0.05, 0.1) is 24.6 Å². The van der Waals surface area contributed by atoms with Crippen LogP contribution in [0.1, 0.15) is 34.6 Å². The minimum Gasteiger partial charge on any atom is -0.550 e. The summed E-state index contributed by atoms with van der Waals surface area (Å²) in [5, 5.41) is 47.6. The number of carboxylic acid groups (broad SMARTS) is 3. The number of aromatic nitrogens is 2. The van der Waals surface area contributed by atoms with Crippen molar-refractivity contribution in [2.75, 3.05) is 13.2 Å². The largest absolute Gasteiger partial charge is 3.00 e. The number of hydrogen-bond donors (Lipinski definition) is 2. The predicted octanol–water partition coefficient (Wildman–Crippen LogP) is 1.95. The number of carbonyl (C=O) groups excluding carboxylic acids is 3. The molecule has 2 aromatic heterocycles. The van der Waals surface area contributed by atoms with Crippen molar-refractivity contribution in [1.29, 1.82) is 0 Å².